The Morgan fingerprint density at radius 3 is 2.69 bits per heavy atom. The third-order valence-corrected chi connectivity index (χ3v) is 5.79. The van der Waals surface area contributed by atoms with Crippen molar-refractivity contribution in [1.29, 1.82) is 0 Å². The van der Waals surface area contributed by atoms with Crippen molar-refractivity contribution in [2.75, 3.05) is 10.6 Å². The molecular weight excluding hydrogens is 445 g/mol. The highest BCUT2D eigenvalue weighted by Crippen LogP contribution is 2.46. The summed E-state index contributed by atoms with van der Waals surface area (Å²) < 4.78 is 47.5. The molecule has 10 heteroatoms. The highest BCUT2D eigenvalue weighted by Gasteiger charge is 2.48. The van der Waals surface area contributed by atoms with E-state index in [1.54, 1.807) is 24.3 Å². The smallest absolute Gasteiger partial charge is 0.410 e. The van der Waals surface area contributed by atoms with Gasteiger partial charge < -0.3 is 15.1 Å². The Hall–Kier alpha value is -3.46. The molecule has 6 nitrogen and oxygen atoms in total. The first kappa shape index (κ1) is 20.4. The quantitative estimate of drug-likeness (QED) is 0.382. The highest BCUT2D eigenvalue weighted by molar-refractivity contribution is 6.36. The molecule has 2 aromatic carbocycles. The molecule has 164 valence electrons. The predicted octanol–water partition coefficient (Wildman–Crippen LogP) is 6.20. The molecule has 0 saturated carbocycles. The fourth-order valence-corrected chi connectivity index (χ4v) is 4.19. The number of carbonyl (C=O) groups is 1. The molecule has 2 atom stereocenters. The first-order valence-electron chi connectivity index (χ1n) is 9.76. The number of hydrogen-bond donors (Lipinski definition) is 2. The van der Waals surface area contributed by atoms with E-state index in [0.717, 1.165) is 15.5 Å². The Kier molecular flexibility index (Phi) is 4.85. The summed E-state index contributed by atoms with van der Waals surface area (Å²) in [6, 6.07) is 13.2. The van der Waals surface area contributed by atoms with E-state index in [4.69, 9.17) is 16.0 Å². The second-order valence-electron chi connectivity index (χ2n) is 7.44. The summed E-state index contributed by atoms with van der Waals surface area (Å²) in [5.74, 6) is -0.445. The van der Waals surface area contributed by atoms with Crippen molar-refractivity contribution in [3.8, 4) is 0 Å². The van der Waals surface area contributed by atoms with Gasteiger partial charge >= 0.3 is 6.18 Å². The normalized spacial score (nSPS) is 18.2. The molecule has 5 rings (SSSR count). The Morgan fingerprint density at radius 1 is 1.16 bits per heavy atom. The van der Waals surface area contributed by atoms with Crippen molar-refractivity contribution in [1.82, 2.24) is 9.78 Å². The topological polar surface area (TPSA) is 72.1 Å². The van der Waals surface area contributed by atoms with E-state index in [2.05, 4.69) is 15.7 Å². The molecule has 1 amide bonds. The van der Waals surface area contributed by atoms with Crippen molar-refractivity contribution in [3.63, 3.8) is 0 Å². The molecule has 0 aliphatic carbocycles. The molecule has 4 aromatic rings. The lowest BCUT2D eigenvalue weighted by Crippen LogP contribution is -2.35. The number of rotatable bonds is 3. The lowest BCUT2D eigenvalue weighted by Gasteiger charge is -2.32. The van der Waals surface area contributed by atoms with Crippen LogP contribution in [-0.2, 0) is 0 Å². The van der Waals surface area contributed by atoms with Gasteiger partial charge in [0.05, 0.1) is 12.3 Å². The first-order chi connectivity index (χ1) is 15.3. The second kappa shape index (κ2) is 7.59. The number of aromatic nitrogens is 2. The SMILES string of the molecule is O=C(Nc1cccc2ccccc12)c1nn2c(c1Cl)N[C@@H](c1ccco1)C[C@@H]2C(F)(F)F. The first-order valence-corrected chi connectivity index (χ1v) is 10.1. The van der Waals surface area contributed by atoms with Crippen LogP contribution in [0.5, 0.6) is 0 Å². The third kappa shape index (κ3) is 3.48. The van der Waals surface area contributed by atoms with Crippen molar-refractivity contribution in [3.05, 3.63) is 77.3 Å². The second-order valence-corrected chi connectivity index (χ2v) is 7.82. The largest absolute Gasteiger partial charge is 0.467 e. The molecule has 0 saturated heterocycles. The van der Waals surface area contributed by atoms with Crippen LogP contribution in [0.15, 0.2) is 65.3 Å². The Morgan fingerprint density at radius 2 is 1.94 bits per heavy atom. The molecule has 0 unspecified atom stereocenters. The Bertz CT molecular complexity index is 1300. The Balaban J connectivity index is 1.52. The monoisotopic (exact) mass is 460 g/mol. The van der Waals surface area contributed by atoms with E-state index < -0.39 is 24.2 Å². The van der Waals surface area contributed by atoms with Gasteiger partial charge in [-0.1, -0.05) is 48.0 Å². The summed E-state index contributed by atoms with van der Waals surface area (Å²) >= 11 is 6.36. The molecular formula is C22H16ClF3N4O2. The van der Waals surface area contributed by atoms with E-state index in [9.17, 15) is 18.0 Å². The van der Waals surface area contributed by atoms with Crippen LogP contribution in [0.3, 0.4) is 0 Å². The minimum absolute atomic E-state index is 0.0790. The van der Waals surface area contributed by atoms with Crippen LogP contribution in [0.4, 0.5) is 24.7 Å². The van der Waals surface area contributed by atoms with Gasteiger partial charge in [-0.25, -0.2) is 4.68 Å². The zero-order valence-electron chi connectivity index (χ0n) is 16.4. The highest BCUT2D eigenvalue weighted by atomic mass is 35.5. The van der Waals surface area contributed by atoms with Crippen LogP contribution >= 0.6 is 11.6 Å². The molecule has 3 heterocycles. The summed E-state index contributed by atoms with van der Waals surface area (Å²) in [7, 11) is 0. The number of hydrogen-bond acceptors (Lipinski definition) is 4. The van der Waals surface area contributed by atoms with Gasteiger partial charge in [-0.3, -0.25) is 4.79 Å². The zero-order chi connectivity index (χ0) is 22.5. The van der Waals surface area contributed by atoms with Crippen LogP contribution in [-0.4, -0.2) is 21.9 Å². The molecule has 0 fully saturated rings. The van der Waals surface area contributed by atoms with E-state index in [1.165, 1.54) is 6.26 Å². The maximum atomic E-state index is 13.8. The number of benzene rings is 2. The van der Waals surface area contributed by atoms with Crippen LogP contribution in [0.25, 0.3) is 10.8 Å². The lowest BCUT2D eigenvalue weighted by molar-refractivity contribution is -0.174. The van der Waals surface area contributed by atoms with Gasteiger partial charge in [0.1, 0.15) is 16.6 Å². The fourth-order valence-electron chi connectivity index (χ4n) is 3.93. The van der Waals surface area contributed by atoms with Gasteiger partial charge in [-0.2, -0.15) is 18.3 Å². The van der Waals surface area contributed by atoms with Crippen LogP contribution in [0, 0.1) is 0 Å². The van der Waals surface area contributed by atoms with Gasteiger partial charge in [-0.05, 0) is 23.6 Å². The summed E-state index contributed by atoms with van der Waals surface area (Å²) in [6.45, 7) is 0. The molecule has 0 bridgehead atoms. The standard InChI is InChI=1S/C22H16ClF3N4O2/c23-18-19(21(31)28-14-8-3-6-12-5-1-2-7-13(12)14)29-30-17(22(24,25)26)11-15(27-20(18)30)16-9-4-10-32-16/h1-10,15,17,27H,11H2,(H,28,31)/t15-,17-/m1/s1. The molecule has 1 aliphatic rings. The van der Waals surface area contributed by atoms with E-state index in [1.807, 2.05) is 30.3 Å². The molecule has 2 N–H and O–H groups in total. The number of nitrogens with one attached hydrogen (secondary N) is 2. The number of alkyl halides is 3. The molecule has 1 aliphatic heterocycles. The average molecular weight is 461 g/mol. The zero-order valence-corrected chi connectivity index (χ0v) is 17.1. The molecule has 2 aromatic heterocycles. The summed E-state index contributed by atoms with van der Waals surface area (Å²) in [4.78, 5) is 13.0. The summed E-state index contributed by atoms with van der Waals surface area (Å²) in [5, 5.41) is 11.1. The van der Waals surface area contributed by atoms with Crippen molar-refractivity contribution in [2.24, 2.45) is 0 Å². The maximum absolute atomic E-state index is 13.8. The number of amides is 1. The minimum Gasteiger partial charge on any atom is -0.467 e. The van der Waals surface area contributed by atoms with Gasteiger partial charge in [0.25, 0.3) is 5.91 Å². The fraction of sp³-hybridized carbons (Fsp3) is 0.182. The number of carbonyl (C=O) groups excluding carboxylic acids is 1. The molecule has 32 heavy (non-hydrogen) atoms. The lowest BCUT2D eigenvalue weighted by atomic mass is 10.0. The molecule has 0 spiro atoms. The van der Waals surface area contributed by atoms with Gasteiger partial charge in [0.2, 0.25) is 0 Å². The molecule has 0 radical (unpaired) electrons. The third-order valence-electron chi connectivity index (χ3n) is 5.44. The number of nitrogens with zero attached hydrogens (tertiary/aromatic N) is 2. The van der Waals surface area contributed by atoms with E-state index in [0.29, 0.717) is 11.4 Å². The van der Waals surface area contributed by atoms with Crippen molar-refractivity contribution < 1.29 is 22.4 Å². The van der Waals surface area contributed by atoms with Crippen molar-refractivity contribution in [2.45, 2.75) is 24.7 Å². The number of furan rings is 1. The van der Waals surface area contributed by atoms with E-state index in [-0.39, 0.29) is 23.0 Å². The van der Waals surface area contributed by atoms with Gasteiger partial charge in [0, 0.05) is 17.5 Å². The number of fused-ring (bicyclic) bond motifs is 2. The van der Waals surface area contributed by atoms with Crippen molar-refractivity contribution >= 4 is 39.8 Å². The Labute approximate surface area is 185 Å². The number of halogens is 4. The van der Waals surface area contributed by atoms with Gasteiger partial charge in [-0.15, -0.1) is 0 Å². The number of anilines is 2. The summed E-state index contributed by atoms with van der Waals surface area (Å²) in [6.07, 6.45) is -3.57. The summed E-state index contributed by atoms with van der Waals surface area (Å²) in [5.41, 5.74) is 0.209. The predicted molar refractivity (Wildman–Crippen MR) is 114 cm³/mol. The minimum atomic E-state index is -4.60. The van der Waals surface area contributed by atoms with Crippen LogP contribution in [0.2, 0.25) is 5.02 Å². The maximum Gasteiger partial charge on any atom is 0.410 e. The van der Waals surface area contributed by atoms with Gasteiger partial charge in [0.15, 0.2) is 11.7 Å². The average Bonchev–Trinajstić information content (AvgIpc) is 3.41. The van der Waals surface area contributed by atoms with Crippen LogP contribution < -0.4 is 10.6 Å². The van der Waals surface area contributed by atoms with Crippen LogP contribution in [0.1, 0.15) is 34.8 Å². The van der Waals surface area contributed by atoms with E-state index >= 15 is 0 Å².